The average Bonchev–Trinajstić information content (AvgIpc) is 2.89. The van der Waals surface area contributed by atoms with Gasteiger partial charge in [-0.2, -0.15) is 0 Å². The Morgan fingerprint density at radius 2 is 2.04 bits per heavy atom. The molecule has 1 fully saturated rings. The standard InChI is InChI=1S/C19H25N3O/c1-14-5-6-17-15(11-14)16-12-20-8-7-18(16)22(17)13-19(23)21-9-3-2-4-10-21/h5-6,11,20H,2-4,7-10,12-13H2,1H3. The summed E-state index contributed by atoms with van der Waals surface area (Å²) in [5.74, 6) is 0.281. The highest BCUT2D eigenvalue weighted by molar-refractivity contribution is 5.88. The van der Waals surface area contributed by atoms with Crippen LogP contribution in [0.3, 0.4) is 0 Å². The Hall–Kier alpha value is -1.81. The highest BCUT2D eigenvalue weighted by Crippen LogP contribution is 2.29. The summed E-state index contributed by atoms with van der Waals surface area (Å²) in [6.45, 7) is 6.41. The number of nitrogens with one attached hydrogen (secondary N) is 1. The van der Waals surface area contributed by atoms with Crippen molar-refractivity contribution in [2.45, 2.75) is 45.7 Å². The average molecular weight is 311 g/mol. The van der Waals surface area contributed by atoms with Crippen molar-refractivity contribution in [3.63, 3.8) is 0 Å². The first kappa shape index (κ1) is 14.8. The maximum atomic E-state index is 12.8. The van der Waals surface area contributed by atoms with Gasteiger partial charge in [0.05, 0.1) is 0 Å². The van der Waals surface area contributed by atoms with Crippen LogP contribution in [0.5, 0.6) is 0 Å². The van der Waals surface area contributed by atoms with Gasteiger partial charge in [0.1, 0.15) is 6.54 Å². The predicted octanol–water partition coefficient (Wildman–Crippen LogP) is 2.61. The fraction of sp³-hybridized carbons (Fsp3) is 0.526. The zero-order valence-electron chi connectivity index (χ0n) is 13.9. The monoisotopic (exact) mass is 311 g/mol. The largest absolute Gasteiger partial charge is 0.341 e. The van der Waals surface area contributed by atoms with Crippen molar-refractivity contribution in [2.75, 3.05) is 19.6 Å². The first-order valence-electron chi connectivity index (χ1n) is 8.83. The lowest BCUT2D eigenvalue weighted by atomic mass is 10.0. The molecule has 0 unspecified atom stereocenters. The van der Waals surface area contributed by atoms with E-state index in [-0.39, 0.29) is 5.91 Å². The molecular weight excluding hydrogens is 286 g/mol. The molecule has 1 aromatic carbocycles. The maximum Gasteiger partial charge on any atom is 0.242 e. The maximum absolute atomic E-state index is 12.8. The molecule has 1 aromatic heterocycles. The van der Waals surface area contributed by atoms with Crippen LogP contribution in [0.1, 0.15) is 36.1 Å². The molecular formula is C19H25N3O. The third-order valence-electron chi connectivity index (χ3n) is 5.28. The molecule has 0 saturated carbocycles. The van der Waals surface area contributed by atoms with Crippen LogP contribution in [0.2, 0.25) is 0 Å². The van der Waals surface area contributed by atoms with E-state index >= 15 is 0 Å². The second kappa shape index (κ2) is 6.00. The minimum absolute atomic E-state index is 0.281. The number of amides is 1. The van der Waals surface area contributed by atoms with E-state index in [0.29, 0.717) is 6.54 Å². The van der Waals surface area contributed by atoms with Gasteiger partial charge in [-0.1, -0.05) is 11.6 Å². The second-order valence-corrected chi connectivity index (χ2v) is 6.90. The highest BCUT2D eigenvalue weighted by atomic mass is 16.2. The number of aryl methyl sites for hydroxylation is 1. The van der Waals surface area contributed by atoms with Crippen molar-refractivity contribution < 1.29 is 4.79 Å². The van der Waals surface area contributed by atoms with E-state index < -0.39 is 0 Å². The van der Waals surface area contributed by atoms with Gasteiger partial charge in [-0.15, -0.1) is 0 Å². The molecule has 0 radical (unpaired) electrons. The molecule has 4 rings (SSSR count). The Morgan fingerprint density at radius 1 is 1.22 bits per heavy atom. The molecule has 2 aliphatic heterocycles. The van der Waals surface area contributed by atoms with Crippen molar-refractivity contribution in [2.24, 2.45) is 0 Å². The smallest absolute Gasteiger partial charge is 0.242 e. The summed E-state index contributed by atoms with van der Waals surface area (Å²) < 4.78 is 2.28. The topological polar surface area (TPSA) is 37.3 Å². The number of fused-ring (bicyclic) bond motifs is 3. The number of hydrogen-bond acceptors (Lipinski definition) is 2. The summed E-state index contributed by atoms with van der Waals surface area (Å²) in [4.78, 5) is 14.8. The van der Waals surface area contributed by atoms with Gasteiger partial charge in [-0.25, -0.2) is 0 Å². The van der Waals surface area contributed by atoms with Gasteiger partial charge in [0.15, 0.2) is 0 Å². The molecule has 23 heavy (non-hydrogen) atoms. The zero-order valence-corrected chi connectivity index (χ0v) is 13.9. The summed E-state index contributed by atoms with van der Waals surface area (Å²) in [6, 6.07) is 6.61. The van der Waals surface area contributed by atoms with Gasteiger partial charge < -0.3 is 14.8 Å². The number of carbonyl (C=O) groups excluding carboxylic acids is 1. The molecule has 122 valence electrons. The fourth-order valence-electron chi connectivity index (χ4n) is 4.05. The molecule has 0 atom stereocenters. The zero-order chi connectivity index (χ0) is 15.8. The molecule has 4 nitrogen and oxygen atoms in total. The number of hydrogen-bond donors (Lipinski definition) is 1. The Kier molecular flexibility index (Phi) is 3.85. The summed E-state index contributed by atoms with van der Waals surface area (Å²) in [5.41, 5.74) is 5.25. The number of aromatic nitrogens is 1. The van der Waals surface area contributed by atoms with Crippen molar-refractivity contribution in [1.29, 1.82) is 0 Å². The van der Waals surface area contributed by atoms with Gasteiger partial charge in [0, 0.05) is 49.2 Å². The summed E-state index contributed by atoms with van der Waals surface area (Å²) >= 11 is 0. The van der Waals surface area contributed by atoms with Gasteiger partial charge in [0.2, 0.25) is 5.91 Å². The first-order chi connectivity index (χ1) is 11.2. The van der Waals surface area contributed by atoms with Gasteiger partial charge in [0.25, 0.3) is 0 Å². The summed E-state index contributed by atoms with van der Waals surface area (Å²) in [7, 11) is 0. The van der Waals surface area contributed by atoms with Crippen molar-refractivity contribution >= 4 is 16.8 Å². The van der Waals surface area contributed by atoms with E-state index in [1.807, 2.05) is 0 Å². The quantitative estimate of drug-likeness (QED) is 0.926. The van der Waals surface area contributed by atoms with Crippen LogP contribution in [0, 0.1) is 6.92 Å². The van der Waals surface area contributed by atoms with Crippen LogP contribution in [0.25, 0.3) is 10.9 Å². The molecule has 1 saturated heterocycles. The molecule has 0 bridgehead atoms. The Bertz CT molecular complexity index is 741. The first-order valence-corrected chi connectivity index (χ1v) is 8.83. The van der Waals surface area contributed by atoms with E-state index in [2.05, 4.69) is 39.9 Å². The van der Waals surface area contributed by atoms with E-state index in [4.69, 9.17) is 0 Å². The van der Waals surface area contributed by atoms with E-state index in [1.54, 1.807) is 0 Å². The van der Waals surface area contributed by atoms with Crippen LogP contribution >= 0.6 is 0 Å². The lowest BCUT2D eigenvalue weighted by Crippen LogP contribution is -2.38. The van der Waals surface area contributed by atoms with Gasteiger partial charge in [-0.05, 0) is 43.9 Å². The second-order valence-electron chi connectivity index (χ2n) is 6.90. The molecule has 2 aliphatic rings. The van der Waals surface area contributed by atoms with Crippen LogP contribution < -0.4 is 5.32 Å². The number of likely N-dealkylation sites (tertiary alicyclic amines) is 1. The van der Waals surface area contributed by atoms with Crippen molar-refractivity contribution in [3.8, 4) is 0 Å². The molecule has 0 aliphatic carbocycles. The Morgan fingerprint density at radius 3 is 2.87 bits per heavy atom. The molecule has 0 spiro atoms. The summed E-state index contributed by atoms with van der Waals surface area (Å²) in [6.07, 6.45) is 4.58. The van der Waals surface area contributed by atoms with Crippen molar-refractivity contribution in [3.05, 3.63) is 35.0 Å². The van der Waals surface area contributed by atoms with Crippen molar-refractivity contribution in [1.82, 2.24) is 14.8 Å². The normalized spacial score (nSPS) is 18.2. The SMILES string of the molecule is Cc1ccc2c(c1)c1c(n2CC(=O)N2CCCCC2)CCNC1. The minimum Gasteiger partial charge on any atom is -0.341 e. The summed E-state index contributed by atoms with van der Waals surface area (Å²) in [5, 5.41) is 4.79. The van der Waals surface area contributed by atoms with E-state index in [1.165, 1.54) is 34.1 Å². The molecule has 1 N–H and O–H groups in total. The predicted molar refractivity (Wildman–Crippen MR) is 92.5 cm³/mol. The highest BCUT2D eigenvalue weighted by Gasteiger charge is 2.23. The molecule has 4 heteroatoms. The van der Waals surface area contributed by atoms with Gasteiger partial charge >= 0.3 is 0 Å². The lowest BCUT2D eigenvalue weighted by Gasteiger charge is -2.27. The number of benzene rings is 1. The van der Waals surface area contributed by atoms with Crippen LogP contribution in [-0.4, -0.2) is 35.0 Å². The lowest BCUT2D eigenvalue weighted by molar-refractivity contribution is -0.132. The van der Waals surface area contributed by atoms with Gasteiger partial charge in [-0.3, -0.25) is 4.79 Å². The minimum atomic E-state index is 0.281. The molecule has 3 heterocycles. The van der Waals surface area contributed by atoms with Crippen LogP contribution in [0.4, 0.5) is 0 Å². The Balaban J connectivity index is 1.72. The third-order valence-corrected chi connectivity index (χ3v) is 5.28. The fourth-order valence-corrected chi connectivity index (χ4v) is 4.05. The Labute approximate surface area is 137 Å². The number of rotatable bonds is 2. The number of carbonyl (C=O) groups is 1. The molecule has 2 aromatic rings. The van der Waals surface area contributed by atoms with E-state index in [9.17, 15) is 4.79 Å². The van der Waals surface area contributed by atoms with E-state index in [0.717, 1.165) is 45.4 Å². The number of piperidine rings is 1. The third kappa shape index (κ3) is 2.65. The van der Waals surface area contributed by atoms with Crippen LogP contribution in [-0.2, 0) is 24.3 Å². The molecule has 1 amide bonds. The number of nitrogens with zero attached hydrogens (tertiary/aromatic N) is 2. The van der Waals surface area contributed by atoms with Crippen LogP contribution in [0.15, 0.2) is 18.2 Å².